The zero-order chi connectivity index (χ0) is 12.5. The second-order valence-electron chi connectivity index (χ2n) is 5.48. The van der Waals surface area contributed by atoms with Gasteiger partial charge in [0.05, 0.1) is 6.04 Å². The van der Waals surface area contributed by atoms with Gasteiger partial charge < -0.3 is 10.6 Å². The number of carbonyl (C=O) groups is 1. The van der Waals surface area contributed by atoms with Crippen LogP contribution < -0.4 is 5.73 Å². The van der Waals surface area contributed by atoms with E-state index in [1.165, 1.54) is 4.88 Å². The van der Waals surface area contributed by atoms with E-state index >= 15 is 0 Å². The highest BCUT2D eigenvalue weighted by atomic mass is 35.5. The molecule has 5 heteroatoms. The number of amides is 1. The number of rotatable bonds is 2. The molecule has 3 unspecified atom stereocenters. The van der Waals surface area contributed by atoms with Crippen LogP contribution in [0.5, 0.6) is 0 Å². The number of nitrogens with zero attached hydrogens (tertiary/aromatic N) is 1. The predicted molar refractivity (Wildman–Crippen MR) is 80.6 cm³/mol. The minimum Gasteiger partial charge on any atom is -0.335 e. The van der Waals surface area contributed by atoms with E-state index in [2.05, 4.69) is 22.4 Å². The number of hydrogen-bond acceptors (Lipinski definition) is 3. The molecule has 1 aliphatic heterocycles. The number of likely N-dealkylation sites (tertiary alicyclic amines) is 1. The fourth-order valence-electron chi connectivity index (χ4n) is 3.28. The minimum atomic E-state index is 0. The Labute approximate surface area is 124 Å². The van der Waals surface area contributed by atoms with Crippen molar-refractivity contribution >= 4 is 29.7 Å². The van der Waals surface area contributed by atoms with Gasteiger partial charge in [0.1, 0.15) is 0 Å². The summed E-state index contributed by atoms with van der Waals surface area (Å²) in [5, 5.41) is 2.10. The Balaban J connectivity index is 0.00000133. The van der Waals surface area contributed by atoms with Crippen LogP contribution in [0.25, 0.3) is 0 Å². The maximum absolute atomic E-state index is 12.6. The van der Waals surface area contributed by atoms with E-state index in [1.807, 2.05) is 0 Å². The van der Waals surface area contributed by atoms with Crippen molar-refractivity contribution in [1.82, 2.24) is 4.90 Å². The van der Waals surface area contributed by atoms with E-state index in [0.717, 1.165) is 38.6 Å². The number of carbonyl (C=O) groups excluding carboxylic acids is 1. The molecule has 0 aromatic carbocycles. The third-order valence-electron chi connectivity index (χ3n) is 4.23. The molecule has 1 saturated heterocycles. The van der Waals surface area contributed by atoms with Crippen molar-refractivity contribution in [2.75, 3.05) is 6.54 Å². The molecule has 3 atom stereocenters. The van der Waals surface area contributed by atoms with Crippen LogP contribution in [0.2, 0.25) is 0 Å². The maximum atomic E-state index is 12.6. The first-order valence-electron chi connectivity index (χ1n) is 6.85. The second-order valence-corrected chi connectivity index (χ2v) is 6.45. The minimum absolute atomic E-state index is 0. The molecule has 1 amide bonds. The number of halogens is 1. The highest BCUT2D eigenvalue weighted by molar-refractivity contribution is 7.10. The van der Waals surface area contributed by atoms with Crippen molar-refractivity contribution in [2.45, 2.75) is 44.2 Å². The fraction of sp³-hybridized carbons (Fsp3) is 0.643. The van der Waals surface area contributed by atoms with Gasteiger partial charge in [-0.2, -0.15) is 0 Å². The third-order valence-corrected chi connectivity index (χ3v) is 5.20. The maximum Gasteiger partial charge on any atom is 0.226 e. The average Bonchev–Trinajstić information content (AvgIpc) is 3.08. The molecular formula is C14H21ClN2OS. The van der Waals surface area contributed by atoms with Crippen molar-refractivity contribution in [3.63, 3.8) is 0 Å². The molecule has 2 heterocycles. The molecule has 0 radical (unpaired) electrons. The Kier molecular flexibility index (Phi) is 4.87. The number of nitrogens with two attached hydrogens (primary N) is 1. The van der Waals surface area contributed by atoms with Crippen LogP contribution in [0.3, 0.4) is 0 Å². The van der Waals surface area contributed by atoms with Crippen LogP contribution in [0.15, 0.2) is 17.5 Å². The predicted octanol–water partition coefficient (Wildman–Crippen LogP) is 2.96. The SMILES string of the molecule is Cl.NC1CCC(C(=O)N2CCCC2c2cccs2)C1. The summed E-state index contributed by atoms with van der Waals surface area (Å²) in [7, 11) is 0. The summed E-state index contributed by atoms with van der Waals surface area (Å²) in [4.78, 5) is 16.0. The van der Waals surface area contributed by atoms with E-state index in [9.17, 15) is 4.79 Å². The molecule has 1 saturated carbocycles. The van der Waals surface area contributed by atoms with E-state index < -0.39 is 0 Å². The molecule has 3 rings (SSSR count). The third kappa shape index (κ3) is 2.96. The molecule has 1 aromatic heterocycles. The average molecular weight is 301 g/mol. The quantitative estimate of drug-likeness (QED) is 0.913. The highest BCUT2D eigenvalue weighted by Crippen LogP contribution is 2.37. The van der Waals surface area contributed by atoms with Gasteiger partial charge in [-0.25, -0.2) is 0 Å². The summed E-state index contributed by atoms with van der Waals surface area (Å²) in [5.74, 6) is 0.527. The summed E-state index contributed by atoms with van der Waals surface area (Å²) in [5.41, 5.74) is 5.92. The lowest BCUT2D eigenvalue weighted by atomic mass is 10.1. The lowest BCUT2D eigenvalue weighted by molar-refractivity contribution is -0.136. The van der Waals surface area contributed by atoms with Crippen LogP contribution >= 0.6 is 23.7 Å². The number of hydrogen-bond donors (Lipinski definition) is 1. The van der Waals surface area contributed by atoms with Gasteiger partial charge in [-0.15, -0.1) is 23.7 Å². The molecule has 3 nitrogen and oxygen atoms in total. The molecule has 0 spiro atoms. The van der Waals surface area contributed by atoms with Gasteiger partial charge in [0, 0.05) is 23.4 Å². The van der Waals surface area contributed by atoms with E-state index in [1.54, 1.807) is 11.3 Å². The normalized spacial score (nSPS) is 30.4. The highest BCUT2D eigenvalue weighted by Gasteiger charge is 2.36. The Morgan fingerprint density at radius 1 is 1.37 bits per heavy atom. The van der Waals surface area contributed by atoms with Crippen molar-refractivity contribution in [3.8, 4) is 0 Å². The zero-order valence-electron chi connectivity index (χ0n) is 11.0. The van der Waals surface area contributed by atoms with Gasteiger partial charge >= 0.3 is 0 Å². The number of thiophene rings is 1. The second kappa shape index (κ2) is 6.25. The molecule has 0 bridgehead atoms. The molecular weight excluding hydrogens is 280 g/mol. The van der Waals surface area contributed by atoms with Crippen LogP contribution in [0.4, 0.5) is 0 Å². The van der Waals surface area contributed by atoms with Crippen molar-refractivity contribution in [3.05, 3.63) is 22.4 Å². The van der Waals surface area contributed by atoms with Crippen LogP contribution in [-0.4, -0.2) is 23.4 Å². The summed E-state index contributed by atoms with van der Waals surface area (Å²) in [6, 6.07) is 4.80. The van der Waals surface area contributed by atoms with Crippen LogP contribution in [0.1, 0.15) is 43.0 Å². The van der Waals surface area contributed by atoms with Gasteiger partial charge in [-0.3, -0.25) is 4.79 Å². The molecule has 19 heavy (non-hydrogen) atoms. The summed E-state index contributed by atoms with van der Waals surface area (Å²) < 4.78 is 0. The van der Waals surface area contributed by atoms with Gasteiger partial charge in [-0.05, 0) is 43.6 Å². The Hall–Kier alpha value is -0.580. The Morgan fingerprint density at radius 3 is 2.84 bits per heavy atom. The molecule has 1 aromatic rings. The van der Waals surface area contributed by atoms with Crippen LogP contribution in [-0.2, 0) is 4.79 Å². The van der Waals surface area contributed by atoms with Gasteiger partial charge in [0.2, 0.25) is 5.91 Å². The topological polar surface area (TPSA) is 46.3 Å². The van der Waals surface area contributed by atoms with E-state index in [-0.39, 0.29) is 24.4 Å². The molecule has 106 valence electrons. The standard InChI is InChI=1S/C14H20N2OS.ClH/c15-11-6-5-10(9-11)14(17)16-7-1-3-12(16)13-4-2-8-18-13;/h2,4,8,10-12H,1,3,5-7,9,15H2;1H. The smallest absolute Gasteiger partial charge is 0.226 e. The zero-order valence-corrected chi connectivity index (χ0v) is 12.6. The Morgan fingerprint density at radius 2 is 2.21 bits per heavy atom. The Bertz CT molecular complexity index is 423. The fourth-order valence-corrected chi connectivity index (χ4v) is 4.16. The van der Waals surface area contributed by atoms with Crippen molar-refractivity contribution < 1.29 is 4.79 Å². The first-order valence-corrected chi connectivity index (χ1v) is 7.73. The van der Waals surface area contributed by atoms with Crippen molar-refractivity contribution in [1.29, 1.82) is 0 Å². The molecule has 2 N–H and O–H groups in total. The molecule has 2 aliphatic rings. The first kappa shape index (κ1) is 14.8. The summed E-state index contributed by atoms with van der Waals surface area (Å²) in [6.07, 6.45) is 5.12. The van der Waals surface area contributed by atoms with Gasteiger partial charge in [0.15, 0.2) is 0 Å². The van der Waals surface area contributed by atoms with E-state index in [4.69, 9.17) is 5.73 Å². The van der Waals surface area contributed by atoms with Crippen LogP contribution in [0, 0.1) is 5.92 Å². The largest absolute Gasteiger partial charge is 0.335 e. The van der Waals surface area contributed by atoms with E-state index in [0.29, 0.717) is 11.9 Å². The molecule has 1 aliphatic carbocycles. The van der Waals surface area contributed by atoms with Gasteiger partial charge in [-0.1, -0.05) is 6.07 Å². The molecule has 2 fully saturated rings. The lowest BCUT2D eigenvalue weighted by Crippen LogP contribution is -2.35. The summed E-state index contributed by atoms with van der Waals surface area (Å²) >= 11 is 1.77. The van der Waals surface area contributed by atoms with Gasteiger partial charge in [0.25, 0.3) is 0 Å². The lowest BCUT2D eigenvalue weighted by Gasteiger charge is -2.26. The monoisotopic (exact) mass is 300 g/mol. The summed E-state index contributed by atoms with van der Waals surface area (Å²) in [6.45, 7) is 0.924. The van der Waals surface area contributed by atoms with Crippen molar-refractivity contribution in [2.24, 2.45) is 11.7 Å². The first-order chi connectivity index (χ1) is 8.75.